The minimum atomic E-state index is -0.733. The Morgan fingerprint density at radius 2 is 2.06 bits per heavy atom. The van der Waals surface area contributed by atoms with Gasteiger partial charge in [0.05, 0.1) is 5.60 Å². The maximum Gasteiger partial charge on any atom is 0.253 e. The third kappa shape index (κ3) is 2.42. The van der Waals surface area contributed by atoms with Gasteiger partial charge in [-0.1, -0.05) is 18.2 Å². The Morgan fingerprint density at radius 1 is 1.38 bits per heavy atom. The summed E-state index contributed by atoms with van der Waals surface area (Å²) in [6, 6.07) is 9.23. The molecule has 2 rings (SSSR count). The number of nitrogens with zero attached hydrogens (tertiary/aromatic N) is 1. The largest absolute Gasteiger partial charge is 0.388 e. The summed E-state index contributed by atoms with van der Waals surface area (Å²) in [5.41, 5.74) is -0.0388. The van der Waals surface area contributed by atoms with Gasteiger partial charge in [-0.2, -0.15) is 0 Å². The van der Waals surface area contributed by atoms with Crippen molar-refractivity contribution in [1.82, 2.24) is 4.90 Å². The van der Waals surface area contributed by atoms with Crippen LogP contribution in [0.3, 0.4) is 0 Å². The van der Waals surface area contributed by atoms with Crippen molar-refractivity contribution in [3.8, 4) is 0 Å². The van der Waals surface area contributed by atoms with E-state index in [1.54, 1.807) is 11.8 Å². The lowest BCUT2D eigenvalue weighted by atomic mass is 9.94. The van der Waals surface area contributed by atoms with E-state index < -0.39 is 5.60 Å². The lowest BCUT2D eigenvalue weighted by Crippen LogP contribution is -2.48. The number of piperidine rings is 1. The summed E-state index contributed by atoms with van der Waals surface area (Å²) in [5.74, 6) is 0.0144. The first-order valence-electron chi connectivity index (χ1n) is 5.65. The highest BCUT2D eigenvalue weighted by Gasteiger charge is 2.31. The summed E-state index contributed by atoms with van der Waals surface area (Å²) in [5, 5.41) is 9.95. The van der Waals surface area contributed by atoms with E-state index in [0.29, 0.717) is 12.1 Å². The fourth-order valence-electron chi connectivity index (χ4n) is 2.16. The molecule has 1 fully saturated rings. The molecule has 1 amide bonds. The van der Waals surface area contributed by atoms with Crippen molar-refractivity contribution in [2.45, 2.75) is 25.4 Å². The van der Waals surface area contributed by atoms with Crippen molar-refractivity contribution >= 4 is 5.91 Å². The average Bonchev–Trinajstić information content (AvgIpc) is 2.28. The smallest absolute Gasteiger partial charge is 0.253 e. The second-order valence-corrected chi connectivity index (χ2v) is 4.69. The summed E-state index contributed by atoms with van der Waals surface area (Å²) >= 11 is 0. The zero-order valence-electron chi connectivity index (χ0n) is 9.52. The Labute approximate surface area is 95.7 Å². The summed E-state index contributed by atoms with van der Waals surface area (Å²) in [6.07, 6.45) is 1.64. The average molecular weight is 219 g/mol. The predicted molar refractivity (Wildman–Crippen MR) is 62.2 cm³/mol. The van der Waals surface area contributed by atoms with Gasteiger partial charge in [-0.15, -0.1) is 0 Å². The van der Waals surface area contributed by atoms with Gasteiger partial charge in [-0.05, 0) is 31.9 Å². The standard InChI is InChI=1S/C13H17NO2/c1-13(16)8-5-9-14(10-13)12(15)11-6-3-2-4-7-11/h2-4,6-7,16H,5,8-10H2,1H3. The van der Waals surface area contributed by atoms with Gasteiger partial charge in [0.1, 0.15) is 0 Å². The third-order valence-corrected chi connectivity index (χ3v) is 2.98. The lowest BCUT2D eigenvalue weighted by Gasteiger charge is -2.36. The minimum absolute atomic E-state index is 0.0144. The van der Waals surface area contributed by atoms with Crippen LogP contribution in [0.5, 0.6) is 0 Å². The van der Waals surface area contributed by atoms with Crippen molar-refractivity contribution < 1.29 is 9.90 Å². The van der Waals surface area contributed by atoms with Gasteiger partial charge in [0.15, 0.2) is 0 Å². The van der Waals surface area contributed by atoms with Crippen molar-refractivity contribution in [1.29, 1.82) is 0 Å². The number of likely N-dealkylation sites (tertiary alicyclic amines) is 1. The van der Waals surface area contributed by atoms with Crippen molar-refractivity contribution in [3.05, 3.63) is 35.9 Å². The number of benzene rings is 1. The molecule has 1 heterocycles. The monoisotopic (exact) mass is 219 g/mol. The van der Waals surface area contributed by atoms with E-state index >= 15 is 0 Å². The van der Waals surface area contributed by atoms with Gasteiger partial charge >= 0.3 is 0 Å². The van der Waals surface area contributed by atoms with Crippen LogP contribution in [0.25, 0.3) is 0 Å². The molecular formula is C13H17NO2. The molecule has 16 heavy (non-hydrogen) atoms. The second kappa shape index (κ2) is 4.26. The number of hydrogen-bond acceptors (Lipinski definition) is 2. The quantitative estimate of drug-likeness (QED) is 0.780. The normalized spacial score (nSPS) is 25.5. The van der Waals surface area contributed by atoms with Crippen LogP contribution in [0.2, 0.25) is 0 Å². The number of hydrogen-bond donors (Lipinski definition) is 1. The van der Waals surface area contributed by atoms with E-state index in [0.717, 1.165) is 19.4 Å². The molecule has 1 aliphatic rings. The van der Waals surface area contributed by atoms with Gasteiger partial charge in [-0.25, -0.2) is 0 Å². The van der Waals surface area contributed by atoms with E-state index in [4.69, 9.17) is 0 Å². The van der Waals surface area contributed by atoms with Crippen LogP contribution in [0.1, 0.15) is 30.1 Å². The molecule has 3 heteroatoms. The summed E-state index contributed by atoms with van der Waals surface area (Å²) < 4.78 is 0. The molecule has 0 aromatic heterocycles. The topological polar surface area (TPSA) is 40.5 Å². The van der Waals surface area contributed by atoms with Gasteiger partial charge in [0.25, 0.3) is 5.91 Å². The molecule has 1 N–H and O–H groups in total. The predicted octanol–water partition coefficient (Wildman–Crippen LogP) is 1.67. The van der Waals surface area contributed by atoms with Gasteiger partial charge < -0.3 is 10.0 Å². The molecule has 3 nitrogen and oxygen atoms in total. The molecule has 0 saturated carbocycles. The Morgan fingerprint density at radius 3 is 2.69 bits per heavy atom. The van der Waals surface area contributed by atoms with E-state index in [1.165, 1.54) is 0 Å². The highest BCUT2D eigenvalue weighted by Crippen LogP contribution is 2.21. The second-order valence-electron chi connectivity index (χ2n) is 4.69. The Bertz CT molecular complexity index is 373. The number of amides is 1. The maximum atomic E-state index is 12.1. The van der Waals surface area contributed by atoms with E-state index in [-0.39, 0.29) is 5.91 Å². The summed E-state index contributed by atoms with van der Waals surface area (Å²) in [7, 11) is 0. The van der Waals surface area contributed by atoms with E-state index in [2.05, 4.69) is 0 Å². The molecule has 1 atom stereocenters. The van der Waals surface area contributed by atoms with E-state index in [1.807, 2.05) is 30.3 Å². The lowest BCUT2D eigenvalue weighted by molar-refractivity contribution is -0.0107. The zero-order valence-corrected chi connectivity index (χ0v) is 9.52. The van der Waals surface area contributed by atoms with Crippen LogP contribution in [0.4, 0.5) is 0 Å². The first kappa shape index (κ1) is 11.1. The van der Waals surface area contributed by atoms with Crippen LogP contribution >= 0.6 is 0 Å². The summed E-state index contributed by atoms with van der Waals surface area (Å²) in [4.78, 5) is 13.8. The minimum Gasteiger partial charge on any atom is -0.388 e. The Kier molecular flexibility index (Phi) is 2.97. The molecule has 1 aromatic rings. The van der Waals surface area contributed by atoms with Gasteiger partial charge in [0.2, 0.25) is 0 Å². The molecule has 1 aromatic carbocycles. The van der Waals surface area contributed by atoms with Crippen LogP contribution in [-0.4, -0.2) is 34.6 Å². The molecule has 1 unspecified atom stereocenters. The molecule has 1 aliphatic heterocycles. The molecular weight excluding hydrogens is 202 g/mol. The maximum absolute atomic E-state index is 12.1. The first-order valence-corrected chi connectivity index (χ1v) is 5.65. The molecule has 86 valence electrons. The van der Waals surface area contributed by atoms with Crippen LogP contribution < -0.4 is 0 Å². The first-order chi connectivity index (χ1) is 7.58. The molecule has 0 bridgehead atoms. The van der Waals surface area contributed by atoms with Crippen molar-refractivity contribution in [2.75, 3.05) is 13.1 Å². The third-order valence-electron chi connectivity index (χ3n) is 2.98. The molecule has 0 aliphatic carbocycles. The number of β-amino-alcohol motifs (C(OH)–C–C–N with tert-alkyl or cyclic N) is 1. The van der Waals surface area contributed by atoms with E-state index in [9.17, 15) is 9.90 Å². The highest BCUT2D eigenvalue weighted by molar-refractivity contribution is 5.94. The van der Waals surface area contributed by atoms with Crippen molar-refractivity contribution in [3.63, 3.8) is 0 Å². The Hall–Kier alpha value is -1.35. The molecule has 1 saturated heterocycles. The number of aliphatic hydroxyl groups is 1. The number of rotatable bonds is 1. The SMILES string of the molecule is CC1(O)CCCN(C(=O)c2ccccc2)C1. The van der Waals surface area contributed by atoms with Gasteiger partial charge in [0, 0.05) is 18.7 Å². The fraction of sp³-hybridized carbons (Fsp3) is 0.462. The van der Waals surface area contributed by atoms with Crippen LogP contribution in [-0.2, 0) is 0 Å². The van der Waals surface area contributed by atoms with Crippen LogP contribution in [0, 0.1) is 0 Å². The molecule has 0 radical (unpaired) electrons. The fourth-order valence-corrected chi connectivity index (χ4v) is 2.16. The number of carbonyl (C=O) groups excluding carboxylic acids is 1. The summed E-state index contributed by atoms with van der Waals surface area (Å²) in [6.45, 7) is 2.96. The number of carbonyl (C=O) groups is 1. The zero-order chi connectivity index (χ0) is 11.6. The van der Waals surface area contributed by atoms with Gasteiger partial charge in [-0.3, -0.25) is 4.79 Å². The highest BCUT2D eigenvalue weighted by atomic mass is 16.3. The Balaban J connectivity index is 2.11. The van der Waals surface area contributed by atoms with Crippen LogP contribution in [0.15, 0.2) is 30.3 Å². The van der Waals surface area contributed by atoms with Crippen molar-refractivity contribution in [2.24, 2.45) is 0 Å². The molecule has 0 spiro atoms.